The highest BCUT2D eigenvalue weighted by Gasteiger charge is 2.22. The van der Waals surface area contributed by atoms with Crippen molar-refractivity contribution in [3.8, 4) is 5.75 Å². The van der Waals surface area contributed by atoms with Crippen molar-refractivity contribution in [2.24, 2.45) is 5.92 Å². The van der Waals surface area contributed by atoms with Crippen molar-refractivity contribution in [1.29, 1.82) is 0 Å². The summed E-state index contributed by atoms with van der Waals surface area (Å²) in [6.45, 7) is 3.26. The third-order valence-corrected chi connectivity index (χ3v) is 4.86. The number of phenolic OH excluding ortho intramolecular Hbond substituents is 1. The lowest BCUT2D eigenvalue weighted by Crippen LogP contribution is -2.39. The third-order valence-electron chi connectivity index (χ3n) is 4.23. The number of H-pyrrole nitrogens is 1. The van der Waals surface area contributed by atoms with Crippen LogP contribution in [0.5, 0.6) is 5.75 Å². The predicted octanol–water partition coefficient (Wildman–Crippen LogP) is 1.95. The van der Waals surface area contributed by atoms with Gasteiger partial charge in [0.1, 0.15) is 5.75 Å². The lowest BCUT2D eigenvalue weighted by atomic mass is 9.98. The normalized spacial score (nSPS) is 16.1. The first kappa shape index (κ1) is 17.7. The largest absolute Gasteiger partial charge is 0.507 e. The SMILES string of the molecule is CC(=O)ON1CCC(CNC(=O)c2n[nH]c3cc(O)c(Br)cc23)CC1. The van der Waals surface area contributed by atoms with E-state index in [1.54, 1.807) is 11.1 Å². The van der Waals surface area contributed by atoms with Gasteiger partial charge >= 0.3 is 5.97 Å². The number of aromatic hydroxyl groups is 1. The van der Waals surface area contributed by atoms with Gasteiger partial charge in [0, 0.05) is 38.0 Å². The molecule has 0 radical (unpaired) electrons. The highest BCUT2D eigenvalue weighted by Crippen LogP contribution is 2.29. The van der Waals surface area contributed by atoms with Crippen molar-refractivity contribution >= 4 is 38.7 Å². The molecule has 1 aliphatic heterocycles. The van der Waals surface area contributed by atoms with E-state index in [-0.39, 0.29) is 17.6 Å². The molecule has 2 aromatic rings. The number of aromatic nitrogens is 2. The predicted molar refractivity (Wildman–Crippen MR) is 93.9 cm³/mol. The average Bonchev–Trinajstić information content (AvgIpc) is 2.96. The zero-order valence-electron chi connectivity index (χ0n) is 13.7. The quantitative estimate of drug-likeness (QED) is 0.710. The van der Waals surface area contributed by atoms with Gasteiger partial charge in [-0.05, 0) is 40.8 Å². The summed E-state index contributed by atoms with van der Waals surface area (Å²) in [4.78, 5) is 28.4. The molecule has 2 heterocycles. The molecule has 1 saturated heterocycles. The summed E-state index contributed by atoms with van der Waals surface area (Å²) >= 11 is 3.24. The smallest absolute Gasteiger partial charge is 0.322 e. The number of carbonyl (C=O) groups excluding carboxylic acids is 2. The lowest BCUT2D eigenvalue weighted by molar-refractivity contribution is -0.193. The maximum atomic E-state index is 12.4. The van der Waals surface area contributed by atoms with Gasteiger partial charge in [-0.15, -0.1) is 5.06 Å². The summed E-state index contributed by atoms with van der Waals surface area (Å²) in [5.41, 5.74) is 0.897. The molecule has 0 aliphatic carbocycles. The van der Waals surface area contributed by atoms with E-state index in [1.807, 2.05) is 0 Å². The van der Waals surface area contributed by atoms with Crippen molar-refractivity contribution in [2.75, 3.05) is 19.6 Å². The van der Waals surface area contributed by atoms with Crippen LogP contribution in [0.1, 0.15) is 30.3 Å². The average molecular weight is 411 g/mol. The van der Waals surface area contributed by atoms with Crippen LogP contribution in [0.4, 0.5) is 0 Å². The minimum atomic E-state index is -0.311. The van der Waals surface area contributed by atoms with Gasteiger partial charge in [0.25, 0.3) is 5.91 Å². The molecule has 1 amide bonds. The van der Waals surface area contributed by atoms with Crippen LogP contribution >= 0.6 is 15.9 Å². The van der Waals surface area contributed by atoms with Crippen LogP contribution in [0.2, 0.25) is 0 Å². The first-order valence-electron chi connectivity index (χ1n) is 8.02. The van der Waals surface area contributed by atoms with Crippen molar-refractivity contribution in [3.63, 3.8) is 0 Å². The molecule has 3 rings (SSSR count). The summed E-state index contributed by atoms with van der Waals surface area (Å²) in [5.74, 6) is -0.153. The number of carbonyl (C=O) groups is 2. The van der Waals surface area contributed by atoms with Crippen molar-refractivity contribution in [2.45, 2.75) is 19.8 Å². The number of amides is 1. The molecule has 0 saturated carbocycles. The molecule has 1 aromatic heterocycles. The van der Waals surface area contributed by atoms with Gasteiger partial charge in [-0.2, -0.15) is 5.10 Å². The number of benzene rings is 1. The molecule has 0 spiro atoms. The fraction of sp³-hybridized carbons (Fsp3) is 0.438. The Balaban J connectivity index is 1.57. The van der Waals surface area contributed by atoms with Gasteiger partial charge in [-0.3, -0.25) is 14.7 Å². The van der Waals surface area contributed by atoms with Gasteiger partial charge in [0.05, 0.1) is 9.99 Å². The minimum Gasteiger partial charge on any atom is -0.507 e. The van der Waals surface area contributed by atoms with E-state index >= 15 is 0 Å². The number of aromatic amines is 1. The Morgan fingerprint density at radius 2 is 2.16 bits per heavy atom. The minimum absolute atomic E-state index is 0.0858. The first-order valence-corrected chi connectivity index (χ1v) is 8.81. The Morgan fingerprint density at radius 3 is 2.84 bits per heavy atom. The summed E-state index contributed by atoms with van der Waals surface area (Å²) in [7, 11) is 0. The van der Waals surface area contributed by atoms with E-state index in [1.165, 1.54) is 13.0 Å². The van der Waals surface area contributed by atoms with Gasteiger partial charge in [0.2, 0.25) is 0 Å². The monoisotopic (exact) mass is 410 g/mol. The van der Waals surface area contributed by atoms with Crippen LogP contribution in [-0.2, 0) is 9.63 Å². The second-order valence-corrected chi connectivity index (χ2v) is 6.94. The Morgan fingerprint density at radius 1 is 1.44 bits per heavy atom. The zero-order valence-corrected chi connectivity index (χ0v) is 15.3. The Labute approximate surface area is 152 Å². The Hall–Kier alpha value is -2.13. The first-order chi connectivity index (χ1) is 11.9. The molecule has 8 nitrogen and oxygen atoms in total. The molecule has 1 aliphatic rings. The summed E-state index contributed by atoms with van der Waals surface area (Å²) in [6, 6.07) is 3.19. The summed E-state index contributed by atoms with van der Waals surface area (Å²) < 4.78 is 0.508. The van der Waals surface area contributed by atoms with E-state index in [0.29, 0.717) is 46.6 Å². The van der Waals surface area contributed by atoms with E-state index in [0.717, 1.165) is 12.8 Å². The molecular weight excluding hydrogens is 392 g/mol. The highest BCUT2D eigenvalue weighted by molar-refractivity contribution is 9.10. The standard InChI is InChI=1S/C16H19BrN4O4/c1-9(22)25-21-4-2-10(3-5-21)8-18-16(24)15-11-6-12(17)14(23)7-13(11)19-20-15/h6-7,10,23H,2-5,8H2,1H3,(H,18,24)(H,19,20). The van der Waals surface area contributed by atoms with Crippen molar-refractivity contribution in [3.05, 3.63) is 22.3 Å². The van der Waals surface area contributed by atoms with Crippen LogP contribution in [0.25, 0.3) is 10.9 Å². The number of phenols is 1. The van der Waals surface area contributed by atoms with E-state index < -0.39 is 0 Å². The molecule has 0 bridgehead atoms. The molecule has 1 fully saturated rings. The number of nitrogens with zero attached hydrogens (tertiary/aromatic N) is 2. The zero-order chi connectivity index (χ0) is 18.0. The fourth-order valence-corrected chi connectivity index (χ4v) is 3.25. The van der Waals surface area contributed by atoms with Crippen LogP contribution in [0.15, 0.2) is 16.6 Å². The van der Waals surface area contributed by atoms with Gasteiger partial charge in [-0.25, -0.2) is 0 Å². The second kappa shape index (κ2) is 7.40. The Kier molecular flexibility index (Phi) is 5.24. The molecule has 134 valence electrons. The van der Waals surface area contributed by atoms with Gasteiger partial charge in [0.15, 0.2) is 5.69 Å². The molecule has 0 unspecified atom stereocenters. The highest BCUT2D eigenvalue weighted by atomic mass is 79.9. The molecule has 3 N–H and O–H groups in total. The number of piperidine rings is 1. The van der Waals surface area contributed by atoms with Crippen LogP contribution in [0, 0.1) is 5.92 Å². The van der Waals surface area contributed by atoms with Gasteiger partial charge < -0.3 is 15.3 Å². The molecular formula is C16H19BrN4O4. The number of hydrogen-bond donors (Lipinski definition) is 3. The second-order valence-electron chi connectivity index (χ2n) is 6.09. The number of halogens is 1. The Bertz CT molecular complexity index is 799. The van der Waals surface area contributed by atoms with Crippen molar-refractivity contribution in [1.82, 2.24) is 20.6 Å². The molecule has 25 heavy (non-hydrogen) atoms. The maximum Gasteiger partial charge on any atom is 0.322 e. The molecule has 9 heteroatoms. The number of nitrogens with one attached hydrogen (secondary N) is 2. The number of hydroxylamine groups is 2. The van der Waals surface area contributed by atoms with Crippen LogP contribution in [0.3, 0.4) is 0 Å². The fourth-order valence-electron chi connectivity index (χ4n) is 2.91. The number of hydrogen-bond acceptors (Lipinski definition) is 6. The number of fused-ring (bicyclic) bond motifs is 1. The van der Waals surface area contributed by atoms with Crippen molar-refractivity contribution < 1.29 is 19.5 Å². The number of rotatable bonds is 4. The van der Waals surface area contributed by atoms with Crippen LogP contribution in [-0.4, -0.2) is 51.9 Å². The lowest BCUT2D eigenvalue weighted by Gasteiger charge is -2.30. The topological polar surface area (TPSA) is 108 Å². The third kappa shape index (κ3) is 4.10. The van der Waals surface area contributed by atoms with E-state index in [4.69, 9.17) is 4.84 Å². The molecule has 0 atom stereocenters. The maximum absolute atomic E-state index is 12.4. The summed E-state index contributed by atoms with van der Waals surface area (Å²) in [5, 5.41) is 21.7. The van der Waals surface area contributed by atoms with Gasteiger partial charge in [-0.1, -0.05) is 0 Å². The summed E-state index contributed by atoms with van der Waals surface area (Å²) in [6.07, 6.45) is 1.68. The van der Waals surface area contributed by atoms with Crippen LogP contribution < -0.4 is 5.32 Å². The van der Waals surface area contributed by atoms with E-state index in [9.17, 15) is 14.7 Å². The van der Waals surface area contributed by atoms with E-state index in [2.05, 4.69) is 31.4 Å². The molecule has 1 aromatic carbocycles.